The Morgan fingerprint density at radius 1 is 1.35 bits per heavy atom. The number of hydrogen-bond acceptors (Lipinski definition) is 3. The van der Waals surface area contributed by atoms with Gasteiger partial charge in [-0.2, -0.15) is 0 Å². The number of hydrogen-bond donors (Lipinski definition) is 0. The summed E-state index contributed by atoms with van der Waals surface area (Å²) in [5.74, 6) is -0.0110. The Bertz CT molecular complexity index is 595. The number of halogens is 1. The molecule has 1 aliphatic rings. The van der Waals surface area contributed by atoms with Crippen molar-refractivity contribution in [3.05, 3.63) is 34.9 Å². The zero-order valence-electron chi connectivity index (χ0n) is 11.5. The predicted molar refractivity (Wildman–Crippen MR) is 80.8 cm³/mol. The Labute approximate surface area is 125 Å². The fourth-order valence-corrected chi connectivity index (χ4v) is 4.21. The monoisotopic (exact) mass is 314 g/mol. The van der Waals surface area contributed by atoms with Gasteiger partial charge in [0.25, 0.3) is 0 Å². The molecule has 2 rings (SSSR count). The molecule has 2 atom stereocenters. The lowest BCUT2D eigenvalue weighted by Gasteiger charge is -2.27. The molecule has 1 saturated carbocycles. The summed E-state index contributed by atoms with van der Waals surface area (Å²) in [7, 11) is -3.05. The number of sulfone groups is 1. The summed E-state index contributed by atoms with van der Waals surface area (Å²) >= 11 is 5.91. The first-order chi connectivity index (χ1) is 9.36. The van der Waals surface area contributed by atoms with Crippen molar-refractivity contribution in [2.24, 2.45) is 5.92 Å². The Hall–Kier alpha value is -0.870. The van der Waals surface area contributed by atoms with Gasteiger partial charge in [0.15, 0.2) is 0 Å². The normalized spacial score (nSPS) is 23.5. The lowest BCUT2D eigenvalue weighted by Crippen LogP contribution is -2.31. The van der Waals surface area contributed by atoms with E-state index in [0.29, 0.717) is 24.3 Å². The molecule has 0 spiro atoms. The van der Waals surface area contributed by atoms with Gasteiger partial charge in [0, 0.05) is 23.6 Å². The van der Waals surface area contributed by atoms with Crippen LogP contribution in [-0.2, 0) is 21.1 Å². The smallest absolute Gasteiger partial charge is 0.150 e. The molecule has 110 valence electrons. The minimum Gasteiger partial charge on any atom is -0.299 e. The number of carbonyl (C=O) groups excluding carboxylic acids is 1. The Balaban J connectivity index is 2.02. The van der Waals surface area contributed by atoms with Gasteiger partial charge in [-0.15, -0.1) is 0 Å². The fourth-order valence-electron chi connectivity index (χ4n) is 2.82. The van der Waals surface area contributed by atoms with Gasteiger partial charge in [0.1, 0.15) is 15.6 Å². The molecule has 1 aliphatic carbocycles. The number of benzene rings is 1. The Morgan fingerprint density at radius 3 is 2.75 bits per heavy atom. The third kappa shape index (κ3) is 4.06. The van der Waals surface area contributed by atoms with Crippen LogP contribution in [0.2, 0.25) is 5.02 Å². The van der Waals surface area contributed by atoms with Crippen molar-refractivity contribution in [1.82, 2.24) is 0 Å². The molecular formula is C15H19ClO3S. The molecule has 5 heteroatoms. The number of Topliss-reactive ketones (excluding diaryl/α,β-unsaturated/α-hetero) is 1. The third-order valence-electron chi connectivity index (χ3n) is 3.95. The van der Waals surface area contributed by atoms with E-state index < -0.39 is 9.84 Å². The van der Waals surface area contributed by atoms with E-state index in [4.69, 9.17) is 11.6 Å². The summed E-state index contributed by atoms with van der Waals surface area (Å²) in [4.78, 5) is 12.3. The van der Waals surface area contributed by atoms with Gasteiger partial charge in [0.05, 0.1) is 5.25 Å². The van der Waals surface area contributed by atoms with Crippen molar-refractivity contribution < 1.29 is 13.2 Å². The highest BCUT2D eigenvalue weighted by atomic mass is 35.5. The maximum Gasteiger partial charge on any atom is 0.150 e. The largest absolute Gasteiger partial charge is 0.299 e. The summed E-state index contributed by atoms with van der Waals surface area (Å²) in [6.45, 7) is 0. The number of ketones is 1. The first kappa shape index (κ1) is 15.5. The van der Waals surface area contributed by atoms with E-state index in [1.54, 1.807) is 12.1 Å². The SMILES string of the molecule is CS(=O)(=O)C1CCCC(C(=O)Cc2cccc(Cl)c2)C1. The third-order valence-corrected chi connectivity index (χ3v) is 5.83. The summed E-state index contributed by atoms with van der Waals surface area (Å²) < 4.78 is 23.3. The first-order valence-corrected chi connectivity index (χ1v) is 9.15. The van der Waals surface area contributed by atoms with Crippen molar-refractivity contribution in [1.29, 1.82) is 0 Å². The number of rotatable bonds is 4. The van der Waals surface area contributed by atoms with Crippen LogP contribution in [0.3, 0.4) is 0 Å². The van der Waals surface area contributed by atoms with E-state index in [1.807, 2.05) is 12.1 Å². The standard InChI is InChI=1S/C15H19ClO3S/c1-20(18,19)14-7-3-5-12(10-14)15(17)9-11-4-2-6-13(16)8-11/h2,4,6,8,12,14H,3,5,7,9-10H2,1H3. The second kappa shape index (κ2) is 6.27. The van der Waals surface area contributed by atoms with E-state index in [2.05, 4.69) is 0 Å². The van der Waals surface area contributed by atoms with Crippen LogP contribution in [0, 0.1) is 5.92 Å². The molecule has 3 nitrogen and oxygen atoms in total. The molecule has 0 bridgehead atoms. The average molecular weight is 315 g/mol. The maximum absolute atomic E-state index is 12.3. The van der Waals surface area contributed by atoms with Gasteiger partial charge in [-0.3, -0.25) is 4.79 Å². The summed E-state index contributed by atoms with van der Waals surface area (Å²) in [6.07, 6.45) is 4.36. The average Bonchev–Trinajstić information content (AvgIpc) is 2.38. The van der Waals surface area contributed by atoms with Gasteiger partial charge in [-0.25, -0.2) is 8.42 Å². The van der Waals surface area contributed by atoms with Crippen LogP contribution in [0.4, 0.5) is 0 Å². The van der Waals surface area contributed by atoms with Crippen LogP contribution < -0.4 is 0 Å². The lowest BCUT2D eigenvalue weighted by molar-refractivity contribution is -0.123. The molecule has 0 heterocycles. The molecule has 20 heavy (non-hydrogen) atoms. The molecular weight excluding hydrogens is 296 g/mol. The van der Waals surface area contributed by atoms with Gasteiger partial charge in [-0.05, 0) is 37.0 Å². The highest BCUT2D eigenvalue weighted by Crippen LogP contribution is 2.30. The molecule has 1 aromatic rings. The quantitative estimate of drug-likeness (QED) is 0.858. The molecule has 1 aromatic carbocycles. The highest BCUT2D eigenvalue weighted by molar-refractivity contribution is 7.91. The molecule has 0 radical (unpaired) electrons. The predicted octanol–water partition coefficient (Wildman–Crippen LogP) is 3.06. The van der Waals surface area contributed by atoms with Crippen molar-refractivity contribution in [3.8, 4) is 0 Å². The first-order valence-electron chi connectivity index (χ1n) is 6.82. The van der Waals surface area contributed by atoms with E-state index in [1.165, 1.54) is 6.26 Å². The van der Waals surface area contributed by atoms with Gasteiger partial charge in [-0.1, -0.05) is 30.2 Å². The number of carbonyl (C=O) groups is 1. The van der Waals surface area contributed by atoms with Gasteiger partial charge >= 0.3 is 0 Å². The van der Waals surface area contributed by atoms with Crippen LogP contribution in [0.25, 0.3) is 0 Å². The van der Waals surface area contributed by atoms with Crippen LogP contribution in [0.15, 0.2) is 24.3 Å². The van der Waals surface area contributed by atoms with Crippen LogP contribution >= 0.6 is 11.6 Å². The topological polar surface area (TPSA) is 51.2 Å². The van der Waals surface area contributed by atoms with Crippen molar-refractivity contribution >= 4 is 27.2 Å². The zero-order chi connectivity index (χ0) is 14.8. The van der Waals surface area contributed by atoms with Crippen molar-refractivity contribution in [3.63, 3.8) is 0 Å². The van der Waals surface area contributed by atoms with Gasteiger partial charge < -0.3 is 0 Å². The lowest BCUT2D eigenvalue weighted by atomic mass is 9.84. The Kier molecular flexibility index (Phi) is 4.86. The van der Waals surface area contributed by atoms with Crippen molar-refractivity contribution in [2.75, 3.05) is 6.26 Å². The zero-order valence-corrected chi connectivity index (χ0v) is 13.1. The molecule has 0 N–H and O–H groups in total. The minimum atomic E-state index is -3.05. The summed E-state index contributed by atoms with van der Waals surface area (Å²) in [5.41, 5.74) is 0.893. The molecule has 0 saturated heterocycles. The van der Waals surface area contributed by atoms with E-state index in [0.717, 1.165) is 18.4 Å². The van der Waals surface area contributed by atoms with Crippen molar-refractivity contribution in [2.45, 2.75) is 37.4 Å². The maximum atomic E-state index is 12.3. The van der Waals surface area contributed by atoms with Crippen LogP contribution in [0.1, 0.15) is 31.2 Å². The molecule has 2 unspecified atom stereocenters. The minimum absolute atomic E-state index is 0.126. The molecule has 0 aromatic heterocycles. The molecule has 1 fully saturated rings. The highest BCUT2D eigenvalue weighted by Gasteiger charge is 2.32. The second-order valence-electron chi connectivity index (χ2n) is 5.59. The van der Waals surface area contributed by atoms with Crippen LogP contribution in [-0.4, -0.2) is 25.7 Å². The fraction of sp³-hybridized carbons (Fsp3) is 0.533. The van der Waals surface area contributed by atoms with E-state index >= 15 is 0 Å². The van der Waals surface area contributed by atoms with E-state index in [-0.39, 0.29) is 17.0 Å². The Morgan fingerprint density at radius 2 is 2.10 bits per heavy atom. The van der Waals surface area contributed by atoms with Crippen LogP contribution in [0.5, 0.6) is 0 Å². The summed E-state index contributed by atoms with van der Waals surface area (Å²) in [5, 5.41) is 0.262. The van der Waals surface area contributed by atoms with Gasteiger partial charge in [0.2, 0.25) is 0 Å². The summed E-state index contributed by atoms with van der Waals surface area (Å²) in [6, 6.07) is 7.26. The molecule has 0 amide bonds. The van der Waals surface area contributed by atoms with E-state index in [9.17, 15) is 13.2 Å². The molecule has 0 aliphatic heterocycles. The second-order valence-corrected chi connectivity index (χ2v) is 8.35.